The lowest BCUT2D eigenvalue weighted by Gasteiger charge is -2.20. The zero-order chi connectivity index (χ0) is 19.4. The predicted molar refractivity (Wildman–Crippen MR) is 114 cm³/mol. The number of nitrogens with one attached hydrogen (secondary N) is 1. The van der Waals surface area contributed by atoms with Crippen molar-refractivity contribution in [2.75, 3.05) is 6.61 Å². The third-order valence-corrected chi connectivity index (χ3v) is 5.55. The highest BCUT2D eigenvalue weighted by Gasteiger charge is 2.16. The Labute approximate surface area is 168 Å². The molecule has 0 spiro atoms. The maximum Gasteiger partial charge on any atom is 0.258 e. The molecular formula is C23H24BrNO2. The van der Waals surface area contributed by atoms with Crippen LogP contribution in [0.15, 0.2) is 59.1 Å². The number of amides is 1. The number of carbonyl (C=O) groups excluding carboxylic acids is 1. The van der Waals surface area contributed by atoms with Gasteiger partial charge in [-0.05, 0) is 64.2 Å². The van der Waals surface area contributed by atoms with E-state index in [0.29, 0.717) is 5.75 Å². The third kappa shape index (κ3) is 4.51. The Morgan fingerprint density at radius 3 is 2.63 bits per heavy atom. The summed E-state index contributed by atoms with van der Waals surface area (Å²) in [6.45, 7) is 6.22. The van der Waals surface area contributed by atoms with Crippen LogP contribution >= 0.6 is 15.9 Å². The van der Waals surface area contributed by atoms with E-state index in [2.05, 4.69) is 60.2 Å². The Balaban J connectivity index is 1.67. The summed E-state index contributed by atoms with van der Waals surface area (Å²) >= 11 is 3.59. The van der Waals surface area contributed by atoms with E-state index in [1.807, 2.05) is 36.4 Å². The van der Waals surface area contributed by atoms with Crippen LogP contribution in [-0.4, -0.2) is 12.5 Å². The lowest BCUT2D eigenvalue weighted by Crippen LogP contribution is -2.32. The minimum absolute atomic E-state index is 0.0123. The van der Waals surface area contributed by atoms with Crippen LogP contribution in [0.3, 0.4) is 0 Å². The standard InChI is InChI=1S/C23H24BrNO2/c1-4-20(18-11-9-15(2)13-16(18)3)25-22(26)14-27-21-12-10-17-7-5-6-8-19(17)23(21)24/h5-13,20H,4,14H2,1-3H3,(H,25,26). The fraction of sp³-hybridized carbons (Fsp3) is 0.261. The number of halogens is 1. The molecule has 0 heterocycles. The number of carbonyl (C=O) groups is 1. The van der Waals surface area contributed by atoms with Crippen LogP contribution in [0.4, 0.5) is 0 Å². The van der Waals surface area contributed by atoms with Crippen LogP contribution in [0.25, 0.3) is 10.8 Å². The minimum atomic E-state index is -0.123. The summed E-state index contributed by atoms with van der Waals surface area (Å²) in [5, 5.41) is 5.28. The smallest absolute Gasteiger partial charge is 0.258 e. The maximum absolute atomic E-state index is 12.5. The molecule has 0 aliphatic heterocycles. The number of hydrogen-bond donors (Lipinski definition) is 1. The SMILES string of the molecule is CCC(NC(=O)COc1ccc2ccccc2c1Br)c1ccc(C)cc1C. The molecule has 3 aromatic rings. The normalized spacial score (nSPS) is 12.0. The lowest BCUT2D eigenvalue weighted by molar-refractivity contribution is -0.123. The molecule has 0 bridgehead atoms. The summed E-state index contributed by atoms with van der Waals surface area (Å²) in [4.78, 5) is 12.5. The van der Waals surface area contributed by atoms with Crippen LogP contribution in [0.2, 0.25) is 0 Å². The molecule has 27 heavy (non-hydrogen) atoms. The monoisotopic (exact) mass is 425 g/mol. The van der Waals surface area contributed by atoms with E-state index >= 15 is 0 Å². The van der Waals surface area contributed by atoms with E-state index in [1.54, 1.807) is 0 Å². The highest BCUT2D eigenvalue weighted by atomic mass is 79.9. The van der Waals surface area contributed by atoms with Gasteiger partial charge in [-0.15, -0.1) is 0 Å². The Hall–Kier alpha value is -2.33. The first-order valence-corrected chi connectivity index (χ1v) is 9.95. The number of hydrogen-bond acceptors (Lipinski definition) is 2. The van der Waals surface area contributed by atoms with Crippen molar-refractivity contribution in [1.29, 1.82) is 0 Å². The van der Waals surface area contributed by atoms with Crippen LogP contribution in [0, 0.1) is 13.8 Å². The van der Waals surface area contributed by atoms with Crippen molar-refractivity contribution in [2.45, 2.75) is 33.2 Å². The molecule has 0 aliphatic carbocycles. The highest BCUT2D eigenvalue weighted by molar-refractivity contribution is 9.10. The Morgan fingerprint density at radius 2 is 1.89 bits per heavy atom. The van der Waals surface area contributed by atoms with Crippen molar-refractivity contribution in [3.05, 3.63) is 75.8 Å². The van der Waals surface area contributed by atoms with Gasteiger partial charge in [0, 0.05) is 0 Å². The fourth-order valence-electron chi connectivity index (χ4n) is 3.32. The second-order valence-corrected chi connectivity index (χ2v) is 7.57. The fourth-order valence-corrected chi connectivity index (χ4v) is 3.93. The number of rotatable bonds is 6. The number of ether oxygens (including phenoxy) is 1. The van der Waals surface area contributed by atoms with Gasteiger partial charge in [-0.1, -0.05) is 61.0 Å². The molecule has 0 aromatic heterocycles. The van der Waals surface area contributed by atoms with E-state index in [9.17, 15) is 4.79 Å². The Morgan fingerprint density at radius 1 is 1.11 bits per heavy atom. The number of fused-ring (bicyclic) bond motifs is 1. The number of benzene rings is 3. The predicted octanol–water partition coefficient (Wildman–Crippen LogP) is 5.87. The summed E-state index contributed by atoms with van der Waals surface area (Å²) in [6, 6.07) is 18.3. The summed E-state index contributed by atoms with van der Waals surface area (Å²) in [5.41, 5.74) is 3.57. The average molecular weight is 426 g/mol. The summed E-state index contributed by atoms with van der Waals surface area (Å²) < 4.78 is 6.65. The van der Waals surface area contributed by atoms with Gasteiger partial charge >= 0.3 is 0 Å². The molecule has 3 rings (SSSR count). The largest absolute Gasteiger partial charge is 0.483 e. The van der Waals surface area contributed by atoms with Gasteiger partial charge in [0.2, 0.25) is 0 Å². The summed E-state index contributed by atoms with van der Waals surface area (Å²) in [6.07, 6.45) is 0.829. The van der Waals surface area contributed by atoms with Crippen LogP contribution in [0.1, 0.15) is 36.1 Å². The second-order valence-electron chi connectivity index (χ2n) is 6.78. The molecule has 0 aliphatic rings. The average Bonchev–Trinajstić information content (AvgIpc) is 2.66. The first-order valence-electron chi connectivity index (χ1n) is 9.16. The topological polar surface area (TPSA) is 38.3 Å². The summed E-state index contributed by atoms with van der Waals surface area (Å²) in [5.74, 6) is 0.547. The molecule has 1 N–H and O–H groups in total. The first kappa shape index (κ1) is 19.4. The van der Waals surface area contributed by atoms with E-state index < -0.39 is 0 Å². The van der Waals surface area contributed by atoms with Gasteiger partial charge in [0.1, 0.15) is 5.75 Å². The molecule has 1 amide bonds. The zero-order valence-corrected chi connectivity index (χ0v) is 17.5. The maximum atomic E-state index is 12.5. The molecular weight excluding hydrogens is 402 g/mol. The third-order valence-electron chi connectivity index (χ3n) is 4.73. The van der Waals surface area contributed by atoms with Gasteiger partial charge in [-0.2, -0.15) is 0 Å². The van der Waals surface area contributed by atoms with E-state index in [1.165, 1.54) is 11.1 Å². The number of aryl methyl sites for hydroxylation is 2. The van der Waals surface area contributed by atoms with Crippen molar-refractivity contribution in [2.24, 2.45) is 0 Å². The quantitative estimate of drug-likeness (QED) is 0.536. The molecule has 3 nitrogen and oxygen atoms in total. The molecule has 4 heteroatoms. The van der Waals surface area contributed by atoms with Crippen LogP contribution in [-0.2, 0) is 4.79 Å². The molecule has 1 atom stereocenters. The van der Waals surface area contributed by atoms with Gasteiger partial charge in [-0.3, -0.25) is 4.79 Å². The van der Waals surface area contributed by atoms with Gasteiger partial charge in [0.05, 0.1) is 10.5 Å². The van der Waals surface area contributed by atoms with Crippen molar-refractivity contribution in [1.82, 2.24) is 5.32 Å². The Kier molecular flexibility index (Phi) is 6.17. The molecule has 0 radical (unpaired) electrons. The summed E-state index contributed by atoms with van der Waals surface area (Å²) in [7, 11) is 0. The Bertz CT molecular complexity index is 968. The highest BCUT2D eigenvalue weighted by Crippen LogP contribution is 2.33. The second kappa shape index (κ2) is 8.57. The molecule has 3 aromatic carbocycles. The molecule has 140 valence electrons. The van der Waals surface area contributed by atoms with E-state index in [-0.39, 0.29) is 18.6 Å². The van der Waals surface area contributed by atoms with E-state index in [0.717, 1.165) is 27.2 Å². The van der Waals surface area contributed by atoms with Gasteiger partial charge < -0.3 is 10.1 Å². The zero-order valence-electron chi connectivity index (χ0n) is 15.9. The van der Waals surface area contributed by atoms with Gasteiger partial charge in [0.15, 0.2) is 6.61 Å². The van der Waals surface area contributed by atoms with Crippen molar-refractivity contribution >= 4 is 32.6 Å². The molecule has 0 saturated heterocycles. The van der Waals surface area contributed by atoms with Gasteiger partial charge in [0.25, 0.3) is 5.91 Å². The van der Waals surface area contributed by atoms with Crippen molar-refractivity contribution in [3.8, 4) is 5.75 Å². The van der Waals surface area contributed by atoms with Gasteiger partial charge in [-0.25, -0.2) is 0 Å². The van der Waals surface area contributed by atoms with E-state index in [4.69, 9.17) is 4.74 Å². The molecule has 1 unspecified atom stereocenters. The first-order chi connectivity index (χ1) is 13.0. The van der Waals surface area contributed by atoms with Crippen LogP contribution < -0.4 is 10.1 Å². The molecule has 0 saturated carbocycles. The van der Waals surface area contributed by atoms with Crippen molar-refractivity contribution in [3.63, 3.8) is 0 Å². The minimum Gasteiger partial charge on any atom is -0.483 e. The van der Waals surface area contributed by atoms with Crippen molar-refractivity contribution < 1.29 is 9.53 Å². The molecule has 0 fully saturated rings. The van der Waals surface area contributed by atoms with Crippen LogP contribution in [0.5, 0.6) is 5.75 Å². The lowest BCUT2D eigenvalue weighted by atomic mass is 9.97.